The van der Waals surface area contributed by atoms with Gasteiger partial charge >= 0.3 is 11.7 Å². The van der Waals surface area contributed by atoms with E-state index < -0.39 is 11.7 Å². The van der Waals surface area contributed by atoms with Crippen molar-refractivity contribution in [2.45, 2.75) is 5.79 Å². The number of rotatable bonds is 2. The predicted molar refractivity (Wildman–Crippen MR) is 54.6 cm³/mol. The summed E-state index contributed by atoms with van der Waals surface area (Å²) in [5, 5.41) is 0. The van der Waals surface area contributed by atoms with E-state index in [2.05, 4.69) is 0 Å². The van der Waals surface area contributed by atoms with Gasteiger partial charge in [-0.05, 0) is 12.1 Å². The van der Waals surface area contributed by atoms with Gasteiger partial charge in [-0.1, -0.05) is 12.1 Å². The summed E-state index contributed by atoms with van der Waals surface area (Å²) in [7, 11) is 1.35. The molecule has 0 fully saturated rings. The molecule has 6 heteroatoms. The molecule has 3 N–H and O–H groups in total. The minimum atomic E-state index is -1.52. The molecule has 0 bridgehead atoms. The van der Waals surface area contributed by atoms with Crippen molar-refractivity contribution < 1.29 is 19.0 Å². The number of fused-ring (bicyclic) bond motifs is 1. The van der Waals surface area contributed by atoms with Gasteiger partial charge in [-0.3, -0.25) is 10.2 Å². The molecule has 0 aromatic heterocycles. The molecule has 1 aliphatic heterocycles. The van der Waals surface area contributed by atoms with Gasteiger partial charge in [0.05, 0.1) is 0 Å². The monoisotopic (exact) mass is 224 g/mol. The zero-order valence-electron chi connectivity index (χ0n) is 8.73. The molecule has 0 saturated carbocycles. The van der Waals surface area contributed by atoms with E-state index in [1.807, 2.05) is 11.5 Å². The molecule has 16 heavy (non-hydrogen) atoms. The molecular weight excluding hydrogens is 212 g/mol. The topological polar surface area (TPSA) is 82.8 Å². The summed E-state index contributed by atoms with van der Waals surface area (Å²) in [5.74, 6) is 3.96. The van der Waals surface area contributed by atoms with E-state index in [4.69, 9.17) is 20.1 Å². The highest BCUT2D eigenvalue weighted by atomic mass is 16.7. The molecule has 1 aliphatic rings. The molecule has 86 valence electrons. The van der Waals surface area contributed by atoms with Crippen LogP contribution in [-0.4, -0.2) is 25.4 Å². The van der Waals surface area contributed by atoms with Crippen LogP contribution in [0.2, 0.25) is 0 Å². The number of nitrogens with one attached hydrogen (secondary N) is 1. The van der Waals surface area contributed by atoms with Crippen molar-refractivity contribution in [2.24, 2.45) is 5.84 Å². The van der Waals surface area contributed by atoms with E-state index in [1.165, 1.54) is 7.11 Å². The summed E-state index contributed by atoms with van der Waals surface area (Å²) in [6.45, 7) is -0.0520. The third-order valence-electron chi connectivity index (χ3n) is 2.35. The summed E-state index contributed by atoms with van der Waals surface area (Å²) in [6, 6.07) is 7.01. The maximum absolute atomic E-state index is 11.6. The molecule has 1 aromatic rings. The number of carbonyl (C=O) groups excluding carboxylic acids is 1. The first-order valence-corrected chi connectivity index (χ1v) is 4.69. The van der Waals surface area contributed by atoms with E-state index in [-0.39, 0.29) is 6.61 Å². The summed E-state index contributed by atoms with van der Waals surface area (Å²) in [4.78, 5) is 11.6. The van der Waals surface area contributed by atoms with Crippen LogP contribution in [0.15, 0.2) is 24.3 Å². The maximum atomic E-state index is 11.6. The molecular formula is C10H12N2O4. The van der Waals surface area contributed by atoms with Crippen molar-refractivity contribution in [3.8, 4) is 11.5 Å². The third kappa shape index (κ3) is 1.58. The number of hydrogen-bond acceptors (Lipinski definition) is 5. The van der Waals surface area contributed by atoms with E-state index in [1.54, 1.807) is 18.2 Å². The molecule has 6 nitrogen and oxygen atoms in total. The Morgan fingerprint density at radius 3 is 2.81 bits per heavy atom. The number of para-hydroxylation sites is 2. The van der Waals surface area contributed by atoms with Crippen molar-refractivity contribution in [1.29, 1.82) is 0 Å². The smallest absolute Gasteiger partial charge is 0.327 e. The first-order chi connectivity index (χ1) is 7.72. The highest BCUT2D eigenvalue weighted by Gasteiger charge is 2.45. The Morgan fingerprint density at radius 1 is 1.50 bits per heavy atom. The van der Waals surface area contributed by atoms with Crippen LogP contribution in [0.4, 0.5) is 0 Å². The minimum absolute atomic E-state index is 0.0520. The fourth-order valence-corrected chi connectivity index (χ4v) is 1.45. The molecule has 0 unspecified atom stereocenters. The molecule has 0 radical (unpaired) electrons. The highest BCUT2D eigenvalue weighted by Crippen LogP contribution is 2.35. The molecule has 0 saturated heterocycles. The van der Waals surface area contributed by atoms with Crippen LogP contribution in [0.25, 0.3) is 0 Å². The number of ether oxygens (including phenoxy) is 3. The fourth-order valence-electron chi connectivity index (χ4n) is 1.45. The van der Waals surface area contributed by atoms with Crippen LogP contribution in [0.3, 0.4) is 0 Å². The van der Waals surface area contributed by atoms with Gasteiger partial charge in [-0.25, -0.2) is 5.84 Å². The van der Waals surface area contributed by atoms with Gasteiger partial charge < -0.3 is 14.2 Å². The van der Waals surface area contributed by atoms with Crippen LogP contribution in [0, 0.1) is 0 Å². The predicted octanol–water partition coefficient (Wildman–Crippen LogP) is -0.210. The zero-order valence-corrected chi connectivity index (χ0v) is 8.73. The Balaban J connectivity index is 2.32. The lowest BCUT2D eigenvalue weighted by Crippen LogP contribution is -2.59. The van der Waals surface area contributed by atoms with Gasteiger partial charge in [0.15, 0.2) is 18.1 Å². The second kappa shape index (κ2) is 3.99. The highest BCUT2D eigenvalue weighted by molar-refractivity contribution is 5.84. The first kappa shape index (κ1) is 10.7. The Bertz CT molecular complexity index is 410. The summed E-state index contributed by atoms with van der Waals surface area (Å²) >= 11 is 0. The Kier molecular flexibility index (Phi) is 2.67. The Labute approximate surface area is 92.2 Å². The number of carbonyl (C=O) groups is 1. The largest absolute Gasteiger partial charge is 0.482 e. The van der Waals surface area contributed by atoms with Gasteiger partial charge in [0.1, 0.15) is 0 Å². The van der Waals surface area contributed by atoms with Crippen LogP contribution < -0.4 is 20.7 Å². The normalized spacial score (nSPS) is 22.6. The van der Waals surface area contributed by atoms with Gasteiger partial charge in [0.25, 0.3) is 0 Å². The Hall–Kier alpha value is -1.79. The maximum Gasteiger partial charge on any atom is 0.327 e. The van der Waals surface area contributed by atoms with Crippen LogP contribution >= 0.6 is 0 Å². The van der Waals surface area contributed by atoms with E-state index in [0.29, 0.717) is 11.5 Å². The van der Waals surface area contributed by atoms with Crippen molar-refractivity contribution >= 4 is 5.91 Å². The van der Waals surface area contributed by atoms with E-state index >= 15 is 0 Å². The Morgan fingerprint density at radius 2 is 2.19 bits per heavy atom. The first-order valence-electron chi connectivity index (χ1n) is 4.69. The van der Waals surface area contributed by atoms with Crippen molar-refractivity contribution in [3.05, 3.63) is 24.3 Å². The van der Waals surface area contributed by atoms with E-state index in [0.717, 1.165) is 0 Å². The molecule has 1 atom stereocenters. The van der Waals surface area contributed by atoms with Crippen molar-refractivity contribution in [2.75, 3.05) is 13.7 Å². The minimum Gasteiger partial charge on any atom is -0.482 e. The third-order valence-corrected chi connectivity index (χ3v) is 2.35. The van der Waals surface area contributed by atoms with Crippen molar-refractivity contribution in [3.63, 3.8) is 0 Å². The molecule has 1 amide bonds. The number of hydrazine groups is 1. The lowest BCUT2D eigenvalue weighted by Gasteiger charge is -2.34. The molecule has 2 rings (SSSR count). The summed E-state index contributed by atoms with van der Waals surface area (Å²) in [6.07, 6.45) is 0. The molecule has 0 spiro atoms. The second-order valence-electron chi connectivity index (χ2n) is 3.27. The second-order valence-corrected chi connectivity index (χ2v) is 3.27. The number of amides is 1. The van der Waals surface area contributed by atoms with Crippen LogP contribution in [-0.2, 0) is 9.53 Å². The van der Waals surface area contributed by atoms with Crippen LogP contribution in [0.1, 0.15) is 0 Å². The van der Waals surface area contributed by atoms with Gasteiger partial charge in [0.2, 0.25) is 0 Å². The number of benzene rings is 1. The quantitative estimate of drug-likeness (QED) is 0.412. The average Bonchev–Trinajstić information content (AvgIpc) is 2.37. The lowest BCUT2D eigenvalue weighted by atomic mass is 10.2. The standard InChI is InChI=1S/C10H12N2O4/c1-14-10(9(13)12-11)6-15-7-4-2-3-5-8(7)16-10/h2-5H,6,11H2,1H3,(H,12,13)/t10-/m0/s1. The summed E-state index contributed by atoms with van der Waals surface area (Å²) in [5.41, 5.74) is 1.99. The van der Waals surface area contributed by atoms with Gasteiger partial charge in [-0.15, -0.1) is 0 Å². The fraction of sp³-hybridized carbons (Fsp3) is 0.300. The van der Waals surface area contributed by atoms with Crippen molar-refractivity contribution in [1.82, 2.24) is 5.43 Å². The molecule has 1 heterocycles. The van der Waals surface area contributed by atoms with E-state index in [9.17, 15) is 4.79 Å². The lowest BCUT2D eigenvalue weighted by molar-refractivity contribution is -0.202. The number of hydrogen-bond donors (Lipinski definition) is 2. The number of nitrogens with two attached hydrogens (primary N) is 1. The summed E-state index contributed by atoms with van der Waals surface area (Å²) < 4.78 is 15.9. The number of methoxy groups -OCH3 is 1. The zero-order chi connectivity index (χ0) is 11.6. The molecule has 0 aliphatic carbocycles. The average molecular weight is 224 g/mol. The SMILES string of the molecule is CO[C@@]1(C(=O)NN)COc2ccccc2O1. The molecule has 1 aromatic carbocycles. The van der Waals surface area contributed by atoms with Gasteiger partial charge in [-0.2, -0.15) is 0 Å². The van der Waals surface area contributed by atoms with Gasteiger partial charge in [0, 0.05) is 7.11 Å². The van der Waals surface area contributed by atoms with Crippen LogP contribution in [0.5, 0.6) is 11.5 Å².